The van der Waals surface area contributed by atoms with Gasteiger partial charge >= 0.3 is 0 Å². The fourth-order valence-corrected chi connectivity index (χ4v) is 5.86. The zero-order chi connectivity index (χ0) is 28.7. The van der Waals surface area contributed by atoms with Crippen molar-refractivity contribution < 1.29 is 19.1 Å². The van der Waals surface area contributed by atoms with Gasteiger partial charge < -0.3 is 20.6 Å². The number of aryl methyl sites for hydroxylation is 1. The molecule has 1 aliphatic rings. The fourth-order valence-electron chi connectivity index (χ4n) is 5.86. The molecule has 6 nitrogen and oxygen atoms in total. The average molecular weight is 546 g/mol. The third kappa shape index (κ3) is 6.77. The number of halogens is 1. The van der Waals surface area contributed by atoms with E-state index in [1.54, 1.807) is 12.1 Å². The lowest BCUT2D eigenvalue weighted by Crippen LogP contribution is -2.48. The lowest BCUT2D eigenvalue weighted by Gasteiger charge is -2.43. The number of piperidine rings is 1. The minimum Gasteiger partial charge on any atom is -0.385 e. The molecule has 3 aromatic rings. The number of nitrogens with one attached hydrogen (secondary N) is 2. The molecule has 1 fully saturated rings. The quantitative estimate of drug-likeness (QED) is 0.307. The molecule has 212 valence electrons. The summed E-state index contributed by atoms with van der Waals surface area (Å²) in [5, 5.41) is 18.5. The molecule has 4 rings (SSSR count). The average Bonchev–Trinajstić information content (AvgIpc) is 2.95. The number of benzene rings is 3. The van der Waals surface area contributed by atoms with Gasteiger partial charge in [0.05, 0.1) is 5.60 Å². The van der Waals surface area contributed by atoms with Gasteiger partial charge in [0.2, 0.25) is 5.91 Å². The van der Waals surface area contributed by atoms with Gasteiger partial charge in [0.25, 0.3) is 5.91 Å². The van der Waals surface area contributed by atoms with Gasteiger partial charge in [-0.15, -0.1) is 0 Å². The molecule has 0 spiro atoms. The Morgan fingerprint density at radius 3 is 2.55 bits per heavy atom. The van der Waals surface area contributed by atoms with E-state index in [9.17, 15) is 14.7 Å². The number of likely N-dealkylation sites (tertiary alicyclic amines) is 1. The normalized spacial score (nSPS) is 16.8. The highest BCUT2D eigenvalue weighted by molar-refractivity contribution is 5.94. The van der Waals surface area contributed by atoms with Crippen LogP contribution in [0.25, 0.3) is 11.1 Å². The molecule has 3 N–H and O–H groups in total. The molecular weight excluding hydrogens is 505 g/mol. The van der Waals surface area contributed by atoms with Gasteiger partial charge in [-0.25, -0.2) is 4.39 Å². The number of aliphatic hydroxyl groups is 1. The standard InChI is InChI=1S/C33H40FN3O3/c1-23-8-4-9-27(20-23)31-29(11-5-12-30(31)34)33(40,17-7-18-36-24(2)38)28-10-6-19-37(22-28)32(39)26-15-13-25(14-16-26)21-35-3/h4-5,8-9,11-16,20,28,35,40H,6-7,10,17-19,21-22H2,1-3H3,(H,36,38)/t28-,33+/m1/s1. The van der Waals surface area contributed by atoms with Crippen LogP contribution in [0.15, 0.2) is 66.7 Å². The summed E-state index contributed by atoms with van der Waals surface area (Å²) < 4.78 is 15.5. The van der Waals surface area contributed by atoms with Crippen molar-refractivity contribution in [3.05, 3.63) is 94.8 Å². The van der Waals surface area contributed by atoms with Gasteiger partial charge in [-0.05, 0) is 74.5 Å². The van der Waals surface area contributed by atoms with Crippen molar-refractivity contribution in [2.24, 2.45) is 5.92 Å². The summed E-state index contributed by atoms with van der Waals surface area (Å²) in [7, 11) is 1.88. The van der Waals surface area contributed by atoms with Gasteiger partial charge in [-0.2, -0.15) is 0 Å². The second kappa shape index (κ2) is 13.2. The van der Waals surface area contributed by atoms with E-state index in [4.69, 9.17) is 0 Å². The molecule has 1 aliphatic heterocycles. The molecule has 2 atom stereocenters. The monoisotopic (exact) mass is 545 g/mol. The van der Waals surface area contributed by atoms with E-state index in [1.807, 2.05) is 67.4 Å². The smallest absolute Gasteiger partial charge is 0.253 e. The molecule has 0 radical (unpaired) electrons. The molecule has 7 heteroatoms. The minimum atomic E-state index is -1.41. The van der Waals surface area contributed by atoms with Crippen LogP contribution in [-0.2, 0) is 16.9 Å². The highest BCUT2D eigenvalue weighted by atomic mass is 19.1. The van der Waals surface area contributed by atoms with E-state index in [2.05, 4.69) is 10.6 Å². The number of hydrogen-bond acceptors (Lipinski definition) is 4. The predicted octanol–water partition coefficient (Wildman–Crippen LogP) is 5.18. The number of nitrogens with zero attached hydrogens (tertiary/aromatic N) is 1. The van der Waals surface area contributed by atoms with Crippen LogP contribution in [0.5, 0.6) is 0 Å². The van der Waals surface area contributed by atoms with Crippen molar-refractivity contribution in [3.8, 4) is 11.1 Å². The van der Waals surface area contributed by atoms with Crippen LogP contribution in [0.1, 0.15) is 59.7 Å². The Hall–Kier alpha value is -3.55. The SMILES string of the molecule is CNCc1ccc(C(=O)N2CCC[C@@H]([C@@](O)(CCCNC(C)=O)c3cccc(F)c3-c3cccc(C)c3)C2)cc1. The molecule has 2 amide bonds. The summed E-state index contributed by atoms with van der Waals surface area (Å²) in [5.41, 5.74) is 2.91. The van der Waals surface area contributed by atoms with Crippen LogP contribution in [0.2, 0.25) is 0 Å². The van der Waals surface area contributed by atoms with Crippen molar-refractivity contribution in [2.45, 2.75) is 51.7 Å². The lowest BCUT2D eigenvalue weighted by atomic mass is 9.72. The van der Waals surface area contributed by atoms with Gasteiger partial charge in [0.15, 0.2) is 0 Å². The number of carbonyl (C=O) groups is 2. The molecule has 0 aromatic heterocycles. The topological polar surface area (TPSA) is 81.7 Å². The van der Waals surface area contributed by atoms with E-state index >= 15 is 4.39 Å². The van der Waals surface area contributed by atoms with Crippen LogP contribution >= 0.6 is 0 Å². The summed E-state index contributed by atoms with van der Waals surface area (Å²) in [6.45, 7) is 5.51. The van der Waals surface area contributed by atoms with Crippen LogP contribution in [0.3, 0.4) is 0 Å². The molecule has 0 unspecified atom stereocenters. The number of amides is 2. The Morgan fingerprint density at radius 1 is 1.10 bits per heavy atom. The van der Waals surface area contributed by atoms with Gasteiger partial charge in [-0.3, -0.25) is 9.59 Å². The highest BCUT2D eigenvalue weighted by Gasteiger charge is 2.43. The van der Waals surface area contributed by atoms with E-state index in [1.165, 1.54) is 13.0 Å². The molecule has 1 heterocycles. The van der Waals surface area contributed by atoms with Gasteiger partial charge in [0, 0.05) is 50.1 Å². The summed E-state index contributed by atoms with van der Waals surface area (Å²) in [6.07, 6.45) is 2.26. The van der Waals surface area contributed by atoms with Crippen LogP contribution < -0.4 is 10.6 Å². The Morgan fingerprint density at radius 2 is 1.85 bits per heavy atom. The Kier molecular flexibility index (Phi) is 9.71. The first-order chi connectivity index (χ1) is 19.2. The predicted molar refractivity (Wildman–Crippen MR) is 156 cm³/mol. The van der Waals surface area contributed by atoms with Crippen molar-refractivity contribution in [3.63, 3.8) is 0 Å². The van der Waals surface area contributed by atoms with Crippen LogP contribution in [-0.4, -0.2) is 48.5 Å². The van der Waals surface area contributed by atoms with Crippen LogP contribution in [0.4, 0.5) is 4.39 Å². The van der Waals surface area contributed by atoms with Gasteiger partial charge in [0.1, 0.15) is 5.82 Å². The molecule has 0 aliphatic carbocycles. The maximum absolute atomic E-state index is 15.5. The third-order valence-electron chi connectivity index (χ3n) is 7.86. The Labute approximate surface area is 236 Å². The largest absolute Gasteiger partial charge is 0.385 e. The van der Waals surface area contributed by atoms with Crippen molar-refractivity contribution in [1.29, 1.82) is 0 Å². The minimum absolute atomic E-state index is 0.0700. The molecular formula is C33H40FN3O3. The number of rotatable bonds is 10. The van der Waals surface area contributed by atoms with Crippen LogP contribution in [0, 0.1) is 18.7 Å². The molecule has 0 bridgehead atoms. The first kappa shape index (κ1) is 29.4. The molecule has 40 heavy (non-hydrogen) atoms. The Balaban J connectivity index is 1.68. The van der Waals surface area contributed by atoms with E-state index in [0.29, 0.717) is 61.2 Å². The second-order valence-electron chi connectivity index (χ2n) is 10.9. The summed E-state index contributed by atoms with van der Waals surface area (Å²) in [6, 6.07) is 20.1. The van der Waals surface area contributed by atoms with E-state index in [0.717, 1.165) is 24.1 Å². The number of carbonyl (C=O) groups excluding carboxylic acids is 2. The molecule has 0 saturated carbocycles. The first-order valence-electron chi connectivity index (χ1n) is 14.1. The summed E-state index contributed by atoms with van der Waals surface area (Å²) in [5.74, 6) is -0.908. The van der Waals surface area contributed by atoms with Crippen molar-refractivity contribution in [1.82, 2.24) is 15.5 Å². The maximum Gasteiger partial charge on any atom is 0.253 e. The Bertz CT molecular complexity index is 1330. The maximum atomic E-state index is 15.5. The third-order valence-corrected chi connectivity index (χ3v) is 7.86. The second-order valence-corrected chi connectivity index (χ2v) is 10.9. The van der Waals surface area contributed by atoms with Crippen molar-refractivity contribution in [2.75, 3.05) is 26.7 Å². The van der Waals surface area contributed by atoms with Gasteiger partial charge in [-0.1, -0.05) is 54.1 Å². The molecule has 1 saturated heterocycles. The van der Waals surface area contributed by atoms with Crippen molar-refractivity contribution >= 4 is 11.8 Å². The van der Waals surface area contributed by atoms with E-state index < -0.39 is 11.4 Å². The zero-order valence-corrected chi connectivity index (χ0v) is 23.7. The number of hydrogen-bond donors (Lipinski definition) is 3. The van der Waals surface area contributed by atoms with E-state index in [-0.39, 0.29) is 17.7 Å². The zero-order valence-electron chi connectivity index (χ0n) is 23.7. The summed E-state index contributed by atoms with van der Waals surface area (Å²) in [4.78, 5) is 26.8. The highest BCUT2D eigenvalue weighted by Crippen LogP contribution is 2.44. The lowest BCUT2D eigenvalue weighted by molar-refractivity contribution is -0.119. The first-order valence-corrected chi connectivity index (χ1v) is 14.1. The fraction of sp³-hybridized carbons (Fsp3) is 0.394. The summed E-state index contributed by atoms with van der Waals surface area (Å²) >= 11 is 0. The molecule has 3 aromatic carbocycles.